The van der Waals surface area contributed by atoms with Crippen LogP contribution in [0.1, 0.15) is 60.5 Å². The van der Waals surface area contributed by atoms with Crippen molar-refractivity contribution in [3.05, 3.63) is 76.5 Å². The van der Waals surface area contributed by atoms with E-state index in [1.165, 1.54) is 15.6 Å². The lowest BCUT2D eigenvalue weighted by Crippen LogP contribution is -2.43. The molecule has 16 heteroatoms. The standard InChI is InChI=1S/C37H41ClN10O4S/c1-23-6-5-8-32(49)29-13-10-27(29)19-47-18-26-9-12-28(38)16-24(26)7-3-4-15-52-33-14-11-25(17-31(33)47)36(50)43-53(51,21-23)22-39-34-30-20-46(2)42-35(30)48-37(40-34)41-44-45-48/h5,8-9,11-12,14,16-17,20,22-23,27,29,32,49H,3-4,6-7,10,13,15,18-19,21H2,1-2H3/b8-5+,39-22?/t23-,27-,29+,32-,53?/m0/s1. The number of benzene rings is 2. The highest BCUT2D eigenvalue weighted by Gasteiger charge is 2.37. The van der Waals surface area contributed by atoms with E-state index in [0.29, 0.717) is 53.5 Å². The van der Waals surface area contributed by atoms with Crippen molar-refractivity contribution >= 4 is 61.1 Å². The molecule has 14 nitrogen and oxygen atoms in total. The molecule has 8 rings (SSSR count). The van der Waals surface area contributed by atoms with Crippen LogP contribution in [-0.4, -0.2) is 80.6 Å². The number of aliphatic imine (C=N–C) groups is 1. The molecule has 3 aliphatic rings. The summed E-state index contributed by atoms with van der Waals surface area (Å²) in [5, 5.41) is 28.6. The van der Waals surface area contributed by atoms with Gasteiger partial charge in [-0.3, -0.25) is 9.48 Å². The van der Waals surface area contributed by atoms with Crippen molar-refractivity contribution in [1.29, 1.82) is 0 Å². The molecule has 1 saturated carbocycles. The van der Waals surface area contributed by atoms with Crippen LogP contribution in [0.5, 0.6) is 5.75 Å². The highest BCUT2D eigenvalue weighted by Crippen LogP contribution is 2.41. The zero-order valence-corrected chi connectivity index (χ0v) is 31.2. The van der Waals surface area contributed by atoms with Crippen LogP contribution in [0.3, 0.4) is 0 Å². The van der Waals surface area contributed by atoms with Crippen molar-refractivity contribution in [3.8, 4) is 5.75 Å². The van der Waals surface area contributed by atoms with E-state index >= 15 is 0 Å². The van der Waals surface area contributed by atoms with Crippen molar-refractivity contribution in [2.24, 2.45) is 34.2 Å². The van der Waals surface area contributed by atoms with Gasteiger partial charge in [-0.25, -0.2) is 9.20 Å². The summed E-state index contributed by atoms with van der Waals surface area (Å²) in [4.78, 5) is 25.4. The first kappa shape index (κ1) is 35.3. The molecular formula is C37H41ClN10O4S. The fourth-order valence-electron chi connectivity index (χ4n) is 7.54. The molecule has 1 unspecified atom stereocenters. The van der Waals surface area contributed by atoms with Gasteiger partial charge in [0, 0.05) is 42.7 Å². The number of allylic oxidation sites excluding steroid dienone is 1. The second kappa shape index (κ2) is 14.6. The first-order valence-electron chi connectivity index (χ1n) is 18.0. The summed E-state index contributed by atoms with van der Waals surface area (Å²) in [7, 11) is -1.63. The number of halogens is 1. The number of aryl methyl sites for hydroxylation is 2. The number of hydrogen-bond donors (Lipinski definition) is 1. The SMILES string of the molecule is C[C@H]1C/C=C/[C@H](O)[C@@H]2CC[C@H]2CN2Cc3ccc(Cl)cc3CCCCOc3ccc(cc32)C(=O)N=S(=O)(C=Nc2nc3nnnn3c3nn(C)cc23)C1. The van der Waals surface area contributed by atoms with Crippen molar-refractivity contribution in [1.82, 2.24) is 34.8 Å². The van der Waals surface area contributed by atoms with Gasteiger partial charge in [-0.15, -0.1) is 0 Å². The van der Waals surface area contributed by atoms with Gasteiger partial charge in [0.2, 0.25) is 0 Å². The third kappa shape index (κ3) is 7.42. The smallest absolute Gasteiger partial charge is 0.285 e. The Balaban J connectivity index is 1.23. The number of aliphatic hydroxyl groups excluding tert-OH is 1. The van der Waals surface area contributed by atoms with E-state index in [4.69, 9.17) is 16.3 Å². The summed E-state index contributed by atoms with van der Waals surface area (Å²) in [6.45, 7) is 3.69. The lowest BCUT2D eigenvalue weighted by atomic mass is 9.70. The van der Waals surface area contributed by atoms with Crippen molar-refractivity contribution in [2.75, 3.05) is 23.8 Å². The van der Waals surface area contributed by atoms with E-state index < -0.39 is 21.7 Å². The Kier molecular flexibility index (Phi) is 9.72. The Hall–Kier alpha value is -4.73. The Labute approximate surface area is 312 Å². The molecule has 5 atom stereocenters. The third-order valence-electron chi connectivity index (χ3n) is 10.4. The minimum atomic E-state index is -3.39. The second-order valence-corrected chi connectivity index (χ2v) is 16.9. The van der Waals surface area contributed by atoms with Gasteiger partial charge in [-0.2, -0.15) is 19.0 Å². The van der Waals surface area contributed by atoms with Crippen LogP contribution in [0.15, 0.2) is 64.1 Å². The quantitative estimate of drug-likeness (QED) is 0.134. The number of rotatable bonds is 2. The van der Waals surface area contributed by atoms with E-state index in [9.17, 15) is 14.1 Å². The summed E-state index contributed by atoms with van der Waals surface area (Å²) < 4.78 is 28.5. The summed E-state index contributed by atoms with van der Waals surface area (Å²) in [6, 6.07) is 11.3. The maximum atomic E-state index is 14.8. The van der Waals surface area contributed by atoms with Crippen LogP contribution in [0.2, 0.25) is 5.02 Å². The first-order chi connectivity index (χ1) is 25.6. The van der Waals surface area contributed by atoms with Crippen LogP contribution in [-0.2, 0) is 29.7 Å². The summed E-state index contributed by atoms with van der Waals surface area (Å²) >= 11 is 6.46. The molecule has 1 aliphatic carbocycles. The molecule has 0 radical (unpaired) electrons. The van der Waals surface area contributed by atoms with Crippen LogP contribution in [0.4, 0.5) is 11.5 Å². The normalized spacial score (nSPS) is 26.3. The van der Waals surface area contributed by atoms with Crippen molar-refractivity contribution < 1.29 is 18.8 Å². The monoisotopic (exact) mass is 756 g/mol. The molecule has 1 N–H and O–H groups in total. The minimum absolute atomic E-state index is 0.0547. The number of carbonyl (C=O) groups is 1. The largest absolute Gasteiger partial charge is 0.491 e. The molecule has 2 aliphatic heterocycles. The number of fused-ring (bicyclic) bond motifs is 6. The van der Waals surface area contributed by atoms with E-state index in [1.807, 2.05) is 37.3 Å². The van der Waals surface area contributed by atoms with Gasteiger partial charge in [0.05, 0.1) is 33.5 Å². The van der Waals surface area contributed by atoms with Gasteiger partial charge in [-0.05, 0) is 108 Å². The highest BCUT2D eigenvalue weighted by atomic mass is 35.5. The molecule has 2 aromatic carbocycles. The number of nitrogens with zero attached hydrogens (tertiary/aromatic N) is 10. The summed E-state index contributed by atoms with van der Waals surface area (Å²) in [6.07, 6.45) is 10.0. The third-order valence-corrected chi connectivity index (χ3v) is 12.6. The maximum absolute atomic E-state index is 14.8. The fourth-order valence-corrected chi connectivity index (χ4v) is 9.54. The lowest BCUT2D eigenvalue weighted by molar-refractivity contribution is 0.0460. The number of amides is 1. The zero-order chi connectivity index (χ0) is 36.7. The van der Waals surface area contributed by atoms with Crippen molar-refractivity contribution in [3.63, 3.8) is 0 Å². The number of carbonyl (C=O) groups excluding carboxylic acids is 1. The lowest BCUT2D eigenvalue weighted by Gasteiger charge is -2.42. The molecule has 3 aromatic heterocycles. The van der Waals surface area contributed by atoms with E-state index in [2.05, 4.69) is 45.9 Å². The zero-order valence-electron chi connectivity index (χ0n) is 29.6. The van der Waals surface area contributed by atoms with E-state index in [1.54, 1.807) is 30.1 Å². The molecule has 0 spiro atoms. The summed E-state index contributed by atoms with van der Waals surface area (Å²) in [5.74, 6) is 0.657. The molecule has 53 heavy (non-hydrogen) atoms. The van der Waals surface area contributed by atoms with Crippen LogP contribution in [0.25, 0.3) is 16.8 Å². The molecule has 1 amide bonds. The van der Waals surface area contributed by atoms with Gasteiger partial charge in [0.15, 0.2) is 11.5 Å². The highest BCUT2D eigenvalue weighted by molar-refractivity contribution is 8.06. The van der Waals surface area contributed by atoms with Gasteiger partial charge in [-0.1, -0.05) is 41.8 Å². The number of tetrazole rings is 1. The van der Waals surface area contributed by atoms with E-state index in [-0.39, 0.29) is 35.1 Å². The van der Waals surface area contributed by atoms with Crippen LogP contribution in [0, 0.1) is 17.8 Å². The fraction of sp³-hybridized carbons (Fsp3) is 0.432. The van der Waals surface area contributed by atoms with Crippen LogP contribution < -0.4 is 9.64 Å². The van der Waals surface area contributed by atoms with Gasteiger partial charge < -0.3 is 14.7 Å². The van der Waals surface area contributed by atoms with Crippen molar-refractivity contribution in [2.45, 2.75) is 58.1 Å². The average Bonchev–Trinajstić information content (AvgIpc) is 3.74. The first-order valence-corrected chi connectivity index (χ1v) is 20.1. The Morgan fingerprint density at radius 1 is 1.13 bits per heavy atom. The molecular weight excluding hydrogens is 716 g/mol. The molecule has 1 fully saturated rings. The van der Waals surface area contributed by atoms with Crippen LogP contribution >= 0.6 is 11.6 Å². The van der Waals surface area contributed by atoms with E-state index in [0.717, 1.165) is 43.4 Å². The Bertz CT molecular complexity index is 2380. The molecule has 5 heterocycles. The molecule has 5 aromatic rings. The topological polar surface area (TPSA) is 165 Å². The molecule has 2 bridgehead atoms. The second-order valence-electron chi connectivity index (χ2n) is 14.4. The number of aliphatic hydroxyl groups is 1. The predicted octanol–water partition coefficient (Wildman–Crippen LogP) is 5.73. The average molecular weight is 757 g/mol. The summed E-state index contributed by atoms with van der Waals surface area (Å²) in [5.41, 5.74) is 5.05. The Morgan fingerprint density at radius 3 is 2.87 bits per heavy atom. The number of anilines is 1. The Morgan fingerprint density at radius 2 is 2.02 bits per heavy atom. The minimum Gasteiger partial charge on any atom is -0.491 e. The molecule has 276 valence electrons. The van der Waals surface area contributed by atoms with Gasteiger partial charge in [0.25, 0.3) is 11.7 Å². The predicted molar refractivity (Wildman–Crippen MR) is 203 cm³/mol. The number of aromatic nitrogens is 7. The maximum Gasteiger partial charge on any atom is 0.285 e. The number of ether oxygens (including phenoxy) is 1. The van der Waals surface area contributed by atoms with Gasteiger partial charge in [0.1, 0.15) is 11.3 Å². The number of hydrogen-bond acceptors (Lipinski definition) is 11. The molecule has 0 saturated heterocycles. The van der Waals surface area contributed by atoms with Gasteiger partial charge >= 0.3 is 0 Å².